The molecule has 2 aromatic carbocycles. The van der Waals surface area contributed by atoms with Gasteiger partial charge in [-0.2, -0.15) is 34.8 Å². The van der Waals surface area contributed by atoms with E-state index < -0.39 is 38.7 Å². The van der Waals surface area contributed by atoms with Crippen LogP contribution in [0.4, 0.5) is 26.3 Å². The van der Waals surface area contributed by atoms with Gasteiger partial charge in [-0.25, -0.2) is 4.79 Å². The van der Waals surface area contributed by atoms with Gasteiger partial charge in [-0.3, -0.25) is 0 Å². The first kappa shape index (κ1) is 21.7. The zero-order valence-corrected chi connectivity index (χ0v) is 15.6. The standard InChI is InChI=1S/C18H10F6O5S/c1-9-6-16(25)28-14-8-13(10-2-4-11(5-3-10)17(19,20)21)15(7-12(9)14)29-30(26,27)18(22,23)24/h2-8H,1H3. The molecule has 0 amide bonds. The second-order valence-corrected chi connectivity index (χ2v) is 7.69. The normalized spacial score (nSPS) is 12.9. The summed E-state index contributed by atoms with van der Waals surface area (Å²) in [6.45, 7) is 1.43. The summed E-state index contributed by atoms with van der Waals surface area (Å²) < 4.78 is 109. The average molecular weight is 452 g/mol. The van der Waals surface area contributed by atoms with Crippen LogP contribution in [0.25, 0.3) is 22.1 Å². The third-order valence-corrected chi connectivity index (χ3v) is 5.02. The van der Waals surface area contributed by atoms with Crippen molar-refractivity contribution in [2.24, 2.45) is 0 Å². The number of halogens is 6. The van der Waals surface area contributed by atoms with E-state index in [9.17, 15) is 39.6 Å². The van der Waals surface area contributed by atoms with Gasteiger partial charge in [-0.15, -0.1) is 0 Å². The average Bonchev–Trinajstić information content (AvgIpc) is 2.60. The molecule has 160 valence electrons. The Morgan fingerprint density at radius 3 is 2.07 bits per heavy atom. The quantitative estimate of drug-likeness (QED) is 0.242. The Morgan fingerprint density at radius 1 is 0.933 bits per heavy atom. The summed E-state index contributed by atoms with van der Waals surface area (Å²) in [7, 11) is -6.07. The molecule has 1 aromatic heterocycles. The molecule has 0 bridgehead atoms. The van der Waals surface area contributed by atoms with Crippen molar-refractivity contribution in [3.05, 3.63) is 64.0 Å². The van der Waals surface area contributed by atoms with Crippen molar-refractivity contribution in [2.45, 2.75) is 18.6 Å². The Morgan fingerprint density at radius 2 is 1.53 bits per heavy atom. The van der Waals surface area contributed by atoms with Crippen molar-refractivity contribution in [2.75, 3.05) is 0 Å². The van der Waals surface area contributed by atoms with Crippen LogP contribution in [-0.2, 0) is 16.3 Å². The van der Waals surface area contributed by atoms with E-state index in [1.165, 1.54) is 6.92 Å². The molecular formula is C18H10F6O5S. The smallest absolute Gasteiger partial charge is 0.423 e. The van der Waals surface area contributed by atoms with E-state index in [0.717, 1.165) is 30.3 Å². The molecule has 0 unspecified atom stereocenters. The summed E-state index contributed by atoms with van der Waals surface area (Å²) in [5, 5.41) is 0.0811. The molecule has 3 rings (SSSR count). The SMILES string of the molecule is Cc1cc(=O)oc2cc(-c3ccc(C(F)(F)F)cc3)c(OS(=O)(=O)C(F)(F)F)cc12. The Hall–Kier alpha value is -3.02. The van der Waals surface area contributed by atoms with Gasteiger partial charge in [0.05, 0.1) is 5.56 Å². The maximum atomic E-state index is 12.8. The third kappa shape index (κ3) is 4.13. The lowest BCUT2D eigenvalue weighted by atomic mass is 10.00. The van der Waals surface area contributed by atoms with Crippen LogP contribution in [0.5, 0.6) is 5.75 Å². The predicted molar refractivity (Wildman–Crippen MR) is 93.3 cm³/mol. The molecule has 0 aliphatic rings. The summed E-state index contributed by atoms with van der Waals surface area (Å²) in [5.41, 5.74) is -7.83. The summed E-state index contributed by atoms with van der Waals surface area (Å²) >= 11 is 0. The topological polar surface area (TPSA) is 73.6 Å². The van der Waals surface area contributed by atoms with Crippen LogP contribution in [0.2, 0.25) is 0 Å². The van der Waals surface area contributed by atoms with Gasteiger partial charge in [0.15, 0.2) is 5.75 Å². The van der Waals surface area contributed by atoms with Gasteiger partial charge in [0, 0.05) is 17.0 Å². The molecule has 12 heteroatoms. The fourth-order valence-corrected chi connectivity index (χ4v) is 3.11. The van der Waals surface area contributed by atoms with E-state index in [2.05, 4.69) is 4.18 Å². The number of rotatable bonds is 3. The van der Waals surface area contributed by atoms with Gasteiger partial charge in [-0.1, -0.05) is 12.1 Å². The highest BCUT2D eigenvalue weighted by molar-refractivity contribution is 7.88. The Balaban J connectivity index is 2.26. The zero-order chi connectivity index (χ0) is 22.5. The van der Waals surface area contributed by atoms with Crippen molar-refractivity contribution in [1.82, 2.24) is 0 Å². The minimum atomic E-state index is -6.07. The summed E-state index contributed by atoms with van der Waals surface area (Å²) in [5.74, 6) is -0.795. The molecule has 5 nitrogen and oxygen atoms in total. The van der Waals surface area contributed by atoms with Crippen molar-refractivity contribution in [3.8, 4) is 16.9 Å². The lowest BCUT2D eigenvalue weighted by molar-refractivity contribution is -0.137. The Bertz CT molecular complexity index is 1270. The molecule has 0 spiro atoms. The lowest BCUT2D eigenvalue weighted by Gasteiger charge is -2.15. The second-order valence-electron chi connectivity index (χ2n) is 6.15. The molecule has 0 radical (unpaired) electrons. The predicted octanol–water partition coefficient (Wildman–Crippen LogP) is 5.02. The number of fused-ring (bicyclic) bond motifs is 1. The summed E-state index contributed by atoms with van der Waals surface area (Å²) in [6, 6.07) is 6.12. The molecule has 0 atom stereocenters. The molecule has 0 aliphatic heterocycles. The Kier molecular flexibility index (Phi) is 5.09. The fourth-order valence-electron chi connectivity index (χ4n) is 2.64. The second kappa shape index (κ2) is 7.04. The van der Waals surface area contributed by atoms with Crippen LogP contribution in [0.15, 0.2) is 51.7 Å². The molecule has 1 heterocycles. The highest BCUT2D eigenvalue weighted by Gasteiger charge is 2.49. The fraction of sp³-hybridized carbons (Fsp3) is 0.167. The van der Waals surface area contributed by atoms with E-state index in [-0.39, 0.29) is 27.7 Å². The van der Waals surface area contributed by atoms with Crippen LogP contribution < -0.4 is 9.81 Å². The molecule has 0 aliphatic carbocycles. The largest absolute Gasteiger partial charge is 0.534 e. The number of alkyl halides is 6. The van der Waals surface area contributed by atoms with Crippen LogP contribution in [0, 0.1) is 6.92 Å². The van der Waals surface area contributed by atoms with Gasteiger partial charge >= 0.3 is 27.4 Å². The molecule has 0 N–H and O–H groups in total. The number of hydrogen-bond donors (Lipinski definition) is 0. The first-order valence-electron chi connectivity index (χ1n) is 7.96. The number of aryl methyl sites for hydroxylation is 1. The van der Waals surface area contributed by atoms with E-state index >= 15 is 0 Å². The molecule has 30 heavy (non-hydrogen) atoms. The maximum absolute atomic E-state index is 12.8. The molecule has 0 saturated carbocycles. The van der Waals surface area contributed by atoms with Crippen molar-refractivity contribution in [1.29, 1.82) is 0 Å². The van der Waals surface area contributed by atoms with Crippen molar-refractivity contribution < 1.29 is 43.4 Å². The highest BCUT2D eigenvalue weighted by Crippen LogP contribution is 2.39. The van der Waals surface area contributed by atoms with Gasteiger partial charge in [0.25, 0.3) is 0 Å². The first-order chi connectivity index (χ1) is 13.7. The third-order valence-electron chi connectivity index (χ3n) is 4.06. The van der Waals surface area contributed by atoms with Gasteiger partial charge in [-0.05, 0) is 42.3 Å². The Labute approximate surface area is 164 Å². The zero-order valence-electron chi connectivity index (χ0n) is 14.8. The van der Waals surface area contributed by atoms with Gasteiger partial charge in [0.2, 0.25) is 0 Å². The van der Waals surface area contributed by atoms with Crippen LogP contribution in [0.1, 0.15) is 11.1 Å². The first-order valence-corrected chi connectivity index (χ1v) is 9.37. The molecule has 0 saturated heterocycles. The van der Waals surface area contributed by atoms with Crippen molar-refractivity contribution in [3.63, 3.8) is 0 Å². The summed E-state index contributed by atoms with van der Waals surface area (Å²) in [4.78, 5) is 11.6. The van der Waals surface area contributed by atoms with Crippen LogP contribution >= 0.6 is 0 Å². The molecular weight excluding hydrogens is 442 g/mol. The lowest BCUT2D eigenvalue weighted by Crippen LogP contribution is -2.28. The molecule has 0 fully saturated rings. The van der Waals surface area contributed by atoms with E-state index in [4.69, 9.17) is 4.42 Å². The highest BCUT2D eigenvalue weighted by atomic mass is 32.2. The van der Waals surface area contributed by atoms with E-state index in [1.54, 1.807) is 0 Å². The minimum Gasteiger partial charge on any atom is -0.423 e. The van der Waals surface area contributed by atoms with E-state index in [0.29, 0.717) is 12.1 Å². The maximum Gasteiger partial charge on any atom is 0.534 e. The van der Waals surface area contributed by atoms with Gasteiger partial charge < -0.3 is 8.60 Å². The number of benzene rings is 2. The van der Waals surface area contributed by atoms with E-state index in [1.807, 2.05) is 0 Å². The summed E-state index contributed by atoms with van der Waals surface area (Å²) in [6.07, 6.45) is -4.66. The number of hydrogen-bond acceptors (Lipinski definition) is 5. The monoisotopic (exact) mass is 452 g/mol. The molecule has 3 aromatic rings. The van der Waals surface area contributed by atoms with Crippen LogP contribution in [0.3, 0.4) is 0 Å². The van der Waals surface area contributed by atoms with Crippen molar-refractivity contribution >= 4 is 21.1 Å². The van der Waals surface area contributed by atoms with Crippen LogP contribution in [-0.4, -0.2) is 13.9 Å². The van der Waals surface area contributed by atoms with Gasteiger partial charge in [0.1, 0.15) is 5.58 Å². The minimum absolute atomic E-state index is 0.0811.